The van der Waals surface area contributed by atoms with Crippen molar-refractivity contribution in [2.75, 3.05) is 5.73 Å². The maximum atomic E-state index is 10.7. The van der Waals surface area contributed by atoms with E-state index in [1.807, 2.05) is 0 Å². The van der Waals surface area contributed by atoms with Gasteiger partial charge in [0.25, 0.3) is 9.05 Å². The van der Waals surface area contributed by atoms with Gasteiger partial charge >= 0.3 is 0 Å². The van der Waals surface area contributed by atoms with Gasteiger partial charge in [-0.05, 0) is 36.4 Å². The first-order chi connectivity index (χ1) is 9.60. The molecule has 0 atom stereocenters. The van der Waals surface area contributed by atoms with E-state index in [0.717, 1.165) is 0 Å². The molecule has 0 radical (unpaired) electrons. The van der Waals surface area contributed by atoms with Gasteiger partial charge in [0.05, 0.1) is 4.90 Å². The molecule has 4 N–H and O–H groups in total. The first-order valence-electron chi connectivity index (χ1n) is 5.34. The van der Waals surface area contributed by atoms with Crippen LogP contribution in [0, 0.1) is 0 Å². The van der Waals surface area contributed by atoms with Crippen molar-refractivity contribution in [1.82, 2.24) is 4.98 Å². The predicted octanol–water partition coefficient (Wildman–Crippen LogP) is 0.925. The molecule has 0 spiro atoms. The van der Waals surface area contributed by atoms with E-state index < -0.39 is 19.1 Å². The number of nitrogen functional groups attached to an aromatic ring is 1. The first-order valence-corrected chi connectivity index (χ1v) is 9.19. The van der Waals surface area contributed by atoms with E-state index in [2.05, 4.69) is 4.98 Å². The third-order valence-corrected chi connectivity index (χ3v) is 4.39. The van der Waals surface area contributed by atoms with Crippen LogP contribution in [-0.2, 0) is 19.1 Å². The number of pyridine rings is 1. The molecule has 1 aromatic heterocycles. The van der Waals surface area contributed by atoms with Crippen molar-refractivity contribution in [3.63, 3.8) is 0 Å². The second kappa shape index (κ2) is 6.85. The Balaban J connectivity index is 0.000000211. The summed E-state index contributed by atoms with van der Waals surface area (Å²) in [6, 6.07) is 8.60. The Bertz CT molecular complexity index is 791. The number of rotatable bonds is 2. The molecule has 7 nitrogen and oxygen atoms in total. The standard InChI is InChI=1S/C6H8N2O2S.C5H4ClNO2S/c7-5-1-3-6(4-2-5)11(8,9)10;6-10(8,9)5-2-1-3-7-4-5/h1-4H,7H2,(H2,8,9,10);1-4H. The average Bonchev–Trinajstić information content (AvgIpc) is 2.39. The minimum atomic E-state index is -3.59. The van der Waals surface area contributed by atoms with Gasteiger partial charge in [-0.2, -0.15) is 0 Å². The van der Waals surface area contributed by atoms with Crippen LogP contribution in [0.2, 0.25) is 0 Å². The normalized spacial score (nSPS) is 11.3. The van der Waals surface area contributed by atoms with E-state index in [1.54, 1.807) is 0 Å². The Labute approximate surface area is 127 Å². The largest absolute Gasteiger partial charge is 0.399 e. The van der Waals surface area contributed by atoms with Crippen LogP contribution in [0.4, 0.5) is 5.69 Å². The summed E-state index contributed by atoms with van der Waals surface area (Å²) in [5.74, 6) is 0. The number of halogens is 1. The van der Waals surface area contributed by atoms with Crippen molar-refractivity contribution < 1.29 is 16.8 Å². The Morgan fingerprint density at radius 3 is 1.86 bits per heavy atom. The van der Waals surface area contributed by atoms with Gasteiger partial charge in [-0.1, -0.05) is 0 Å². The van der Waals surface area contributed by atoms with E-state index in [1.165, 1.54) is 48.8 Å². The van der Waals surface area contributed by atoms with Gasteiger partial charge in [0.1, 0.15) is 4.90 Å². The summed E-state index contributed by atoms with van der Waals surface area (Å²) < 4.78 is 42.5. The molecule has 10 heteroatoms. The van der Waals surface area contributed by atoms with Gasteiger partial charge < -0.3 is 5.73 Å². The zero-order chi connectivity index (χ0) is 16.1. The first kappa shape index (κ1) is 17.4. The summed E-state index contributed by atoms with van der Waals surface area (Å²) in [5, 5.41) is 4.84. The van der Waals surface area contributed by atoms with Crippen molar-refractivity contribution in [1.29, 1.82) is 0 Å². The summed E-state index contributed by atoms with van der Waals surface area (Å²) in [7, 11) is -2.18. The number of anilines is 1. The molecule has 21 heavy (non-hydrogen) atoms. The lowest BCUT2D eigenvalue weighted by atomic mass is 10.3. The Kier molecular flexibility index (Phi) is 5.67. The second-order valence-corrected chi connectivity index (χ2v) is 7.87. The average molecular weight is 350 g/mol. The fourth-order valence-electron chi connectivity index (χ4n) is 1.15. The third kappa shape index (κ3) is 6.08. The smallest absolute Gasteiger partial charge is 0.262 e. The monoisotopic (exact) mass is 349 g/mol. The maximum Gasteiger partial charge on any atom is 0.262 e. The fraction of sp³-hybridized carbons (Fsp3) is 0. The van der Waals surface area contributed by atoms with Crippen LogP contribution in [0.15, 0.2) is 58.6 Å². The molecule has 0 fully saturated rings. The summed E-state index contributed by atoms with van der Waals surface area (Å²) in [4.78, 5) is 3.69. The molecule has 0 aliphatic rings. The van der Waals surface area contributed by atoms with Crippen LogP contribution in [0.25, 0.3) is 0 Å². The highest BCUT2D eigenvalue weighted by Gasteiger charge is 2.07. The van der Waals surface area contributed by atoms with Crippen molar-refractivity contribution in [3.05, 3.63) is 48.8 Å². The molecular formula is C11H12ClN3O4S2. The lowest BCUT2D eigenvalue weighted by molar-refractivity contribution is 0.597. The molecule has 0 saturated heterocycles. The highest BCUT2D eigenvalue weighted by atomic mass is 35.7. The molecule has 0 aliphatic heterocycles. The molecule has 1 heterocycles. The summed E-state index contributed by atoms with van der Waals surface area (Å²) >= 11 is 0. The predicted molar refractivity (Wildman–Crippen MR) is 79.5 cm³/mol. The number of benzene rings is 1. The lowest BCUT2D eigenvalue weighted by Gasteiger charge is -1.96. The highest BCUT2D eigenvalue weighted by Crippen LogP contribution is 2.11. The van der Waals surface area contributed by atoms with Gasteiger partial charge in [-0.3, -0.25) is 4.98 Å². The van der Waals surface area contributed by atoms with E-state index in [0.29, 0.717) is 5.69 Å². The topological polar surface area (TPSA) is 133 Å². The number of hydrogen-bond acceptors (Lipinski definition) is 6. The van der Waals surface area contributed by atoms with E-state index in [4.69, 9.17) is 21.6 Å². The molecule has 0 bridgehead atoms. The SMILES string of the molecule is Nc1ccc(S(N)(=O)=O)cc1.O=S(=O)(Cl)c1cccnc1. The van der Waals surface area contributed by atoms with Crippen LogP contribution >= 0.6 is 10.7 Å². The van der Waals surface area contributed by atoms with Crippen LogP contribution in [0.5, 0.6) is 0 Å². The maximum absolute atomic E-state index is 10.7. The summed E-state index contributed by atoms with van der Waals surface area (Å²) in [6.45, 7) is 0. The van der Waals surface area contributed by atoms with Crippen LogP contribution in [-0.4, -0.2) is 21.8 Å². The van der Waals surface area contributed by atoms with Crippen molar-refractivity contribution in [2.45, 2.75) is 9.79 Å². The molecule has 1 aromatic carbocycles. The number of primary sulfonamides is 1. The molecule has 0 unspecified atom stereocenters. The van der Waals surface area contributed by atoms with Gasteiger partial charge in [0, 0.05) is 28.8 Å². The van der Waals surface area contributed by atoms with E-state index in [-0.39, 0.29) is 9.79 Å². The zero-order valence-corrected chi connectivity index (χ0v) is 12.9. The zero-order valence-electron chi connectivity index (χ0n) is 10.5. The number of aromatic nitrogens is 1. The molecule has 0 amide bonds. The Morgan fingerprint density at radius 1 is 0.952 bits per heavy atom. The number of nitrogens with zero attached hydrogens (tertiary/aromatic N) is 1. The van der Waals surface area contributed by atoms with Gasteiger partial charge in [0.15, 0.2) is 0 Å². The molecule has 2 aromatic rings. The van der Waals surface area contributed by atoms with Crippen molar-refractivity contribution in [3.8, 4) is 0 Å². The minimum absolute atomic E-state index is 0.0247. The third-order valence-electron chi connectivity index (χ3n) is 2.12. The highest BCUT2D eigenvalue weighted by molar-refractivity contribution is 8.13. The van der Waals surface area contributed by atoms with Crippen molar-refractivity contribution >= 4 is 35.4 Å². The van der Waals surface area contributed by atoms with Gasteiger partial charge in [-0.25, -0.2) is 22.0 Å². The van der Waals surface area contributed by atoms with Crippen LogP contribution < -0.4 is 10.9 Å². The molecule has 2 rings (SSSR count). The summed E-state index contributed by atoms with van der Waals surface area (Å²) in [5.41, 5.74) is 5.85. The van der Waals surface area contributed by atoms with Crippen LogP contribution in [0.3, 0.4) is 0 Å². The van der Waals surface area contributed by atoms with E-state index in [9.17, 15) is 16.8 Å². The number of hydrogen-bond donors (Lipinski definition) is 2. The minimum Gasteiger partial charge on any atom is -0.399 e. The summed E-state index contributed by atoms with van der Waals surface area (Å²) in [6.07, 6.45) is 2.67. The van der Waals surface area contributed by atoms with Gasteiger partial charge in [-0.15, -0.1) is 0 Å². The molecule has 114 valence electrons. The van der Waals surface area contributed by atoms with Crippen molar-refractivity contribution in [2.24, 2.45) is 5.14 Å². The van der Waals surface area contributed by atoms with Crippen LogP contribution in [0.1, 0.15) is 0 Å². The Morgan fingerprint density at radius 2 is 1.52 bits per heavy atom. The van der Waals surface area contributed by atoms with E-state index >= 15 is 0 Å². The quantitative estimate of drug-likeness (QED) is 0.611. The van der Waals surface area contributed by atoms with Gasteiger partial charge in [0.2, 0.25) is 10.0 Å². The Hall–Kier alpha value is -1.68. The second-order valence-electron chi connectivity index (χ2n) is 3.74. The fourth-order valence-corrected chi connectivity index (χ4v) is 2.37. The molecule has 0 saturated carbocycles. The molecular weight excluding hydrogens is 338 g/mol. The number of sulfonamides is 1. The number of nitrogens with two attached hydrogens (primary N) is 2. The lowest BCUT2D eigenvalue weighted by Crippen LogP contribution is -2.11. The molecule has 0 aliphatic carbocycles.